The Hall–Kier alpha value is -3.38. The molecule has 0 fully saturated rings. The lowest BCUT2D eigenvalue weighted by Crippen LogP contribution is -2.20. The molecule has 10 heteroatoms. The lowest BCUT2D eigenvalue weighted by Gasteiger charge is -2.12. The number of hydrazone groups is 1. The number of benzene rings is 3. The van der Waals surface area contributed by atoms with Crippen molar-refractivity contribution in [3.63, 3.8) is 0 Å². The van der Waals surface area contributed by atoms with E-state index in [2.05, 4.69) is 73.8 Å². The minimum Gasteiger partial charge on any atom is -0.508 e. The van der Waals surface area contributed by atoms with Gasteiger partial charge in [0.15, 0.2) is 11.0 Å². The van der Waals surface area contributed by atoms with Crippen molar-refractivity contribution in [3.8, 4) is 11.4 Å². The van der Waals surface area contributed by atoms with E-state index in [9.17, 15) is 9.90 Å². The molecule has 0 aliphatic carbocycles. The molecule has 0 aliphatic rings. The molecule has 1 amide bonds. The van der Waals surface area contributed by atoms with Gasteiger partial charge >= 0.3 is 0 Å². The minimum atomic E-state index is -0.275. The van der Waals surface area contributed by atoms with Gasteiger partial charge in [-0.05, 0) is 83.1 Å². The number of carbonyl (C=O) groups is 1. The number of nitrogens with one attached hydrogen (secondary N) is 2. The SMILES string of the molecule is Cc1cc(I)ccc1NCc1nnc(SCC(=O)N/N=C/c2cccc(O)c2)n1-c1ccccc1. The standard InChI is InChI=1S/C25H23IN6O2S/c1-17-12-19(26)10-11-22(17)27-15-23-29-31-25(32(23)20-7-3-2-4-8-20)35-16-24(34)30-28-14-18-6-5-9-21(33)13-18/h2-14,27,33H,15-16H2,1H3,(H,30,34)/b28-14+. The summed E-state index contributed by atoms with van der Waals surface area (Å²) in [5, 5.41) is 26.2. The highest BCUT2D eigenvalue weighted by molar-refractivity contribution is 14.1. The average molecular weight is 598 g/mol. The number of nitrogens with zero attached hydrogens (tertiary/aromatic N) is 4. The molecule has 4 rings (SSSR count). The number of anilines is 1. The van der Waals surface area contributed by atoms with Crippen molar-refractivity contribution in [1.82, 2.24) is 20.2 Å². The molecule has 0 saturated carbocycles. The van der Waals surface area contributed by atoms with Gasteiger partial charge in [0.1, 0.15) is 5.75 Å². The molecule has 1 heterocycles. The van der Waals surface area contributed by atoms with Crippen molar-refractivity contribution in [2.75, 3.05) is 11.1 Å². The molecular weight excluding hydrogens is 575 g/mol. The summed E-state index contributed by atoms with van der Waals surface area (Å²) in [6.45, 7) is 2.54. The number of phenols is 1. The Morgan fingerprint density at radius 2 is 1.94 bits per heavy atom. The van der Waals surface area contributed by atoms with Gasteiger partial charge in [0.25, 0.3) is 5.91 Å². The number of para-hydroxylation sites is 1. The first-order valence-electron chi connectivity index (χ1n) is 10.7. The molecular formula is C25H23IN6O2S. The van der Waals surface area contributed by atoms with E-state index in [1.54, 1.807) is 24.3 Å². The zero-order valence-electron chi connectivity index (χ0n) is 18.9. The van der Waals surface area contributed by atoms with Crippen LogP contribution in [0.2, 0.25) is 0 Å². The second kappa shape index (κ2) is 11.8. The number of phenolic OH excluding ortho intramolecular Hbond substituents is 1. The topological polar surface area (TPSA) is 104 Å². The van der Waals surface area contributed by atoms with Crippen LogP contribution >= 0.6 is 34.4 Å². The Kier molecular flexibility index (Phi) is 8.37. The first-order valence-corrected chi connectivity index (χ1v) is 12.8. The van der Waals surface area contributed by atoms with Gasteiger partial charge in [-0.15, -0.1) is 10.2 Å². The molecule has 0 radical (unpaired) electrons. The fraction of sp³-hybridized carbons (Fsp3) is 0.120. The van der Waals surface area contributed by atoms with Gasteiger partial charge in [0.05, 0.1) is 18.5 Å². The van der Waals surface area contributed by atoms with Crippen LogP contribution in [0.15, 0.2) is 83.1 Å². The predicted molar refractivity (Wildman–Crippen MR) is 147 cm³/mol. The summed E-state index contributed by atoms with van der Waals surface area (Å²) in [6.07, 6.45) is 1.48. The van der Waals surface area contributed by atoms with E-state index < -0.39 is 0 Å². The number of hydrogen-bond donors (Lipinski definition) is 3. The number of aromatic nitrogens is 3. The maximum atomic E-state index is 12.3. The van der Waals surface area contributed by atoms with Crippen molar-refractivity contribution in [1.29, 1.82) is 0 Å². The minimum absolute atomic E-state index is 0.117. The summed E-state index contributed by atoms with van der Waals surface area (Å²) in [6, 6.07) is 22.6. The van der Waals surface area contributed by atoms with E-state index >= 15 is 0 Å². The number of aryl methyl sites for hydroxylation is 1. The summed E-state index contributed by atoms with van der Waals surface area (Å²) in [5.74, 6) is 0.715. The predicted octanol–water partition coefficient (Wildman–Crippen LogP) is 4.74. The number of halogens is 1. The van der Waals surface area contributed by atoms with Gasteiger partial charge in [0, 0.05) is 14.9 Å². The Bertz CT molecular complexity index is 1340. The van der Waals surface area contributed by atoms with Crippen molar-refractivity contribution in [2.24, 2.45) is 5.10 Å². The second-order valence-electron chi connectivity index (χ2n) is 7.56. The first-order chi connectivity index (χ1) is 17.0. The van der Waals surface area contributed by atoms with Crippen LogP contribution in [0.3, 0.4) is 0 Å². The van der Waals surface area contributed by atoms with Gasteiger partial charge in [-0.25, -0.2) is 5.43 Å². The van der Waals surface area contributed by atoms with Crippen LogP contribution in [-0.2, 0) is 11.3 Å². The molecule has 3 aromatic carbocycles. The number of thioether (sulfide) groups is 1. The molecule has 1 aromatic heterocycles. The van der Waals surface area contributed by atoms with E-state index in [0.717, 1.165) is 22.8 Å². The number of carbonyl (C=O) groups excluding carboxylic acids is 1. The van der Waals surface area contributed by atoms with E-state index in [1.165, 1.54) is 21.5 Å². The van der Waals surface area contributed by atoms with Crippen molar-refractivity contribution in [3.05, 3.63) is 93.3 Å². The third kappa shape index (κ3) is 6.83. The Labute approximate surface area is 221 Å². The third-order valence-corrected chi connectivity index (χ3v) is 6.55. The molecule has 0 spiro atoms. The lowest BCUT2D eigenvalue weighted by molar-refractivity contribution is -0.118. The maximum Gasteiger partial charge on any atom is 0.250 e. The summed E-state index contributed by atoms with van der Waals surface area (Å²) in [7, 11) is 0. The summed E-state index contributed by atoms with van der Waals surface area (Å²) in [5.41, 5.74) is 6.29. The number of aromatic hydroxyl groups is 1. The van der Waals surface area contributed by atoms with Gasteiger partial charge in [-0.2, -0.15) is 5.10 Å². The fourth-order valence-electron chi connectivity index (χ4n) is 3.29. The van der Waals surface area contributed by atoms with Crippen molar-refractivity contribution >= 4 is 52.2 Å². The van der Waals surface area contributed by atoms with Crippen LogP contribution in [0.5, 0.6) is 5.75 Å². The highest BCUT2D eigenvalue weighted by Gasteiger charge is 2.16. The van der Waals surface area contributed by atoms with E-state index in [0.29, 0.717) is 17.3 Å². The van der Waals surface area contributed by atoms with Crippen LogP contribution in [0, 0.1) is 10.5 Å². The summed E-state index contributed by atoms with van der Waals surface area (Å²) in [4.78, 5) is 12.3. The average Bonchev–Trinajstić information content (AvgIpc) is 3.25. The van der Waals surface area contributed by atoms with Crippen LogP contribution in [0.25, 0.3) is 5.69 Å². The van der Waals surface area contributed by atoms with Crippen molar-refractivity contribution in [2.45, 2.75) is 18.6 Å². The van der Waals surface area contributed by atoms with E-state index in [-0.39, 0.29) is 17.4 Å². The van der Waals surface area contributed by atoms with Gasteiger partial charge in [-0.3, -0.25) is 9.36 Å². The second-order valence-corrected chi connectivity index (χ2v) is 9.75. The highest BCUT2D eigenvalue weighted by Crippen LogP contribution is 2.24. The number of hydrogen-bond acceptors (Lipinski definition) is 7. The zero-order chi connectivity index (χ0) is 24.6. The molecule has 8 nitrogen and oxygen atoms in total. The van der Waals surface area contributed by atoms with Gasteiger partial charge < -0.3 is 10.4 Å². The number of rotatable bonds is 9. The molecule has 0 bridgehead atoms. The molecule has 0 unspecified atom stereocenters. The molecule has 0 aliphatic heterocycles. The van der Waals surface area contributed by atoms with Gasteiger partial charge in [-0.1, -0.05) is 42.1 Å². The number of amides is 1. The molecule has 0 atom stereocenters. The van der Waals surface area contributed by atoms with E-state index in [1.807, 2.05) is 34.9 Å². The summed E-state index contributed by atoms with van der Waals surface area (Å²) < 4.78 is 3.13. The molecule has 178 valence electrons. The normalized spacial score (nSPS) is 11.0. The summed E-state index contributed by atoms with van der Waals surface area (Å²) >= 11 is 3.58. The van der Waals surface area contributed by atoms with E-state index in [4.69, 9.17) is 0 Å². The fourth-order valence-corrected chi connectivity index (χ4v) is 4.70. The monoisotopic (exact) mass is 598 g/mol. The largest absolute Gasteiger partial charge is 0.508 e. The van der Waals surface area contributed by atoms with Crippen LogP contribution in [-0.4, -0.2) is 37.7 Å². The lowest BCUT2D eigenvalue weighted by atomic mass is 10.2. The Balaban J connectivity index is 1.44. The Morgan fingerprint density at radius 1 is 1.11 bits per heavy atom. The van der Waals surface area contributed by atoms with Crippen LogP contribution in [0.1, 0.15) is 17.0 Å². The molecule has 35 heavy (non-hydrogen) atoms. The van der Waals surface area contributed by atoms with Gasteiger partial charge in [0.2, 0.25) is 0 Å². The van der Waals surface area contributed by atoms with Crippen LogP contribution in [0.4, 0.5) is 5.69 Å². The van der Waals surface area contributed by atoms with Crippen molar-refractivity contribution < 1.29 is 9.90 Å². The maximum absolute atomic E-state index is 12.3. The van der Waals surface area contributed by atoms with Crippen LogP contribution < -0.4 is 10.7 Å². The first kappa shape index (κ1) is 24.7. The molecule has 0 saturated heterocycles. The Morgan fingerprint density at radius 3 is 2.71 bits per heavy atom. The third-order valence-electron chi connectivity index (χ3n) is 4.95. The zero-order valence-corrected chi connectivity index (χ0v) is 21.8. The quantitative estimate of drug-likeness (QED) is 0.111. The highest BCUT2D eigenvalue weighted by atomic mass is 127. The molecule has 4 aromatic rings. The smallest absolute Gasteiger partial charge is 0.250 e. The molecule has 3 N–H and O–H groups in total.